The van der Waals surface area contributed by atoms with Gasteiger partial charge in [-0.3, -0.25) is 9.48 Å². The molecule has 0 bridgehead atoms. The first-order chi connectivity index (χ1) is 15.8. The first-order valence-corrected chi connectivity index (χ1v) is 13.1. The Bertz CT molecular complexity index is 1140. The number of aryl methyl sites for hydroxylation is 3. The molecule has 1 saturated heterocycles. The van der Waals surface area contributed by atoms with Crippen molar-refractivity contribution in [1.82, 2.24) is 14.7 Å². The quantitative estimate of drug-likeness (QED) is 0.597. The van der Waals surface area contributed by atoms with Gasteiger partial charge >= 0.3 is 29.6 Å². The summed E-state index contributed by atoms with van der Waals surface area (Å²) in [5, 5.41) is 7.19. The SMILES string of the molecule is CN1CCC(N(c2ccn(C)n2)S(=O)(=O)[N-]C(=O)Nc2c3c(cc4c2CCC4)CCC3)CC1.[Na+]. The molecule has 0 saturated carbocycles. The molecule has 1 aromatic heterocycles. The van der Waals surface area contributed by atoms with Gasteiger partial charge in [0.15, 0.2) is 11.8 Å². The van der Waals surface area contributed by atoms with Gasteiger partial charge in [0, 0.05) is 25.4 Å². The van der Waals surface area contributed by atoms with Crippen LogP contribution in [0.5, 0.6) is 0 Å². The molecule has 2 aromatic rings. The number of nitrogens with one attached hydrogen (secondary N) is 1. The number of hydrogen-bond donors (Lipinski definition) is 1. The number of nitrogens with zero attached hydrogens (tertiary/aromatic N) is 5. The van der Waals surface area contributed by atoms with Crippen LogP contribution in [-0.2, 0) is 42.9 Å². The molecule has 34 heavy (non-hydrogen) atoms. The maximum absolute atomic E-state index is 13.4. The third-order valence-electron chi connectivity index (χ3n) is 7.10. The number of amides is 2. The van der Waals surface area contributed by atoms with Crippen LogP contribution < -0.4 is 39.2 Å². The molecule has 9 nitrogen and oxygen atoms in total. The Morgan fingerprint density at radius 2 is 1.71 bits per heavy atom. The Kier molecular flexibility index (Phi) is 7.64. The van der Waals surface area contributed by atoms with Crippen molar-refractivity contribution in [3.8, 4) is 0 Å². The number of aromatic nitrogens is 2. The van der Waals surface area contributed by atoms with Gasteiger partial charge in [-0.25, -0.2) is 12.7 Å². The second-order valence-electron chi connectivity index (χ2n) is 9.41. The minimum absolute atomic E-state index is 0. The van der Waals surface area contributed by atoms with Crippen molar-refractivity contribution >= 4 is 27.7 Å². The number of carbonyl (C=O) groups excluding carboxylic acids is 1. The molecule has 178 valence electrons. The maximum atomic E-state index is 13.4. The van der Waals surface area contributed by atoms with Crippen LogP contribution in [0.4, 0.5) is 16.3 Å². The third kappa shape index (κ3) is 5.02. The molecular weight excluding hydrogens is 463 g/mol. The monoisotopic (exact) mass is 494 g/mol. The molecule has 0 atom stereocenters. The number of benzene rings is 1. The van der Waals surface area contributed by atoms with E-state index in [1.807, 2.05) is 7.05 Å². The summed E-state index contributed by atoms with van der Waals surface area (Å²) < 4.78 is 33.4. The Labute approximate surface area is 223 Å². The molecule has 2 aliphatic carbocycles. The summed E-state index contributed by atoms with van der Waals surface area (Å²) in [5.74, 6) is 0.296. The molecule has 3 aliphatic rings. The molecule has 1 N–H and O–H groups in total. The number of fused-ring (bicyclic) bond motifs is 2. The van der Waals surface area contributed by atoms with E-state index in [-0.39, 0.29) is 35.6 Å². The van der Waals surface area contributed by atoms with E-state index in [0.717, 1.165) is 68.4 Å². The van der Waals surface area contributed by atoms with Crippen LogP contribution in [-0.4, -0.2) is 55.3 Å². The van der Waals surface area contributed by atoms with Crippen molar-refractivity contribution in [2.45, 2.75) is 57.4 Å². The van der Waals surface area contributed by atoms with Gasteiger partial charge in [-0.15, -0.1) is 0 Å². The van der Waals surface area contributed by atoms with Crippen LogP contribution in [0.2, 0.25) is 0 Å². The molecule has 0 radical (unpaired) electrons. The first kappa shape index (κ1) is 25.5. The standard InChI is InChI=1S/C23H32N6O3S.Na/c1-27-12-9-18(10-13-27)29(21-11-14-28(2)25-21)33(31,32)26-23(30)24-22-19-7-3-5-16(19)15-17-6-4-8-20(17)22;/h11,14-15,18H,3-10,12-13H2,1-2H3,(H2,24,26,30);/q;+1/p-1. The molecule has 2 heterocycles. The Balaban J connectivity index is 0.00000274. The molecule has 0 spiro atoms. The van der Waals surface area contributed by atoms with Crippen molar-refractivity contribution < 1.29 is 42.8 Å². The van der Waals surface area contributed by atoms with E-state index in [0.29, 0.717) is 18.7 Å². The van der Waals surface area contributed by atoms with Crippen molar-refractivity contribution in [3.05, 3.63) is 45.3 Å². The summed E-state index contributed by atoms with van der Waals surface area (Å²) in [5.41, 5.74) is 5.64. The van der Waals surface area contributed by atoms with E-state index in [1.54, 1.807) is 24.0 Å². The summed E-state index contributed by atoms with van der Waals surface area (Å²) in [6, 6.07) is 2.80. The van der Waals surface area contributed by atoms with Gasteiger partial charge in [0.25, 0.3) is 10.2 Å². The molecular formula is C23H31N6NaO3S. The van der Waals surface area contributed by atoms with Crippen LogP contribution in [0.1, 0.15) is 47.9 Å². The Morgan fingerprint density at radius 1 is 1.09 bits per heavy atom. The van der Waals surface area contributed by atoms with Crippen LogP contribution in [0.3, 0.4) is 0 Å². The van der Waals surface area contributed by atoms with Crippen molar-refractivity contribution in [2.75, 3.05) is 29.8 Å². The second-order valence-corrected chi connectivity index (χ2v) is 10.9. The first-order valence-electron chi connectivity index (χ1n) is 11.7. The number of carbonyl (C=O) groups is 1. The van der Waals surface area contributed by atoms with E-state index >= 15 is 0 Å². The predicted octanol–water partition coefficient (Wildman–Crippen LogP) is 0.153. The van der Waals surface area contributed by atoms with Gasteiger partial charge in [-0.2, -0.15) is 5.10 Å². The van der Waals surface area contributed by atoms with Gasteiger partial charge in [0.1, 0.15) is 0 Å². The molecule has 1 fully saturated rings. The fraction of sp³-hybridized carbons (Fsp3) is 0.565. The van der Waals surface area contributed by atoms with E-state index in [4.69, 9.17) is 0 Å². The van der Waals surface area contributed by atoms with Gasteiger partial charge in [-0.1, -0.05) is 6.07 Å². The maximum Gasteiger partial charge on any atom is 1.00 e. The zero-order chi connectivity index (χ0) is 23.2. The average Bonchev–Trinajstić information content (AvgIpc) is 3.50. The smallest absolute Gasteiger partial charge is 0.423 e. The van der Waals surface area contributed by atoms with Gasteiger partial charge in [0.05, 0.1) is 0 Å². The molecule has 0 unspecified atom stereocenters. The minimum Gasteiger partial charge on any atom is -0.423 e. The zero-order valence-corrected chi connectivity index (χ0v) is 23.1. The second kappa shape index (κ2) is 10.2. The molecule has 1 aliphatic heterocycles. The summed E-state index contributed by atoms with van der Waals surface area (Å²) in [6.45, 7) is 1.55. The predicted molar refractivity (Wildman–Crippen MR) is 128 cm³/mol. The third-order valence-corrected chi connectivity index (χ3v) is 8.48. The van der Waals surface area contributed by atoms with Gasteiger partial charge < -0.3 is 14.9 Å². The summed E-state index contributed by atoms with van der Waals surface area (Å²) in [6.07, 6.45) is 8.94. The van der Waals surface area contributed by atoms with E-state index in [1.165, 1.54) is 15.4 Å². The van der Waals surface area contributed by atoms with Crippen LogP contribution in [0.15, 0.2) is 18.3 Å². The minimum atomic E-state index is -4.27. The fourth-order valence-electron chi connectivity index (χ4n) is 5.49. The van der Waals surface area contributed by atoms with E-state index < -0.39 is 16.2 Å². The van der Waals surface area contributed by atoms with Crippen molar-refractivity contribution in [3.63, 3.8) is 0 Å². The van der Waals surface area contributed by atoms with E-state index in [9.17, 15) is 13.2 Å². The number of rotatable bonds is 5. The number of urea groups is 1. The van der Waals surface area contributed by atoms with Crippen LogP contribution in [0, 0.1) is 0 Å². The molecule has 2 amide bonds. The number of piperidine rings is 1. The Morgan fingerprint density at radius 3 is 2.26 bits per heavy atom. The van der Waals surface area contributed by atoms with Gasteiger partial charge in [0.2, 0.25) is 0 Å². The molecule has 1 aromatic carbocycles. The van der Waals surface area contributed by atoms with Crippen LogP contribution >= 0.6 is 0 Å². The fourth-order valence-corrected chi connectivity index (χ4v) is 6.75. The topological polar surface area (TPSA) is 102 Å². The molecule has 5 rings (SSSR count). The summed E-state index contributed by atoms with van der Waals surface area (Å²) in [4.78, 5) is 15.2. The van der Waals surface area contributed by atoms with Crippen molar-refractivity contribution in [2.24, 2.45) is 7.05 Å². The van der Waals surface area contributed by atoms with E-state index in [2.05, 4.69) is 26.1 Å². The summed E-state index contributed by atoms with van der Waals surface area (Å²) >= 11 is 0. The largest absolute Gasteiger partial charge is 1.00 e. The average molecular weight is 495 g/mol. The normalized spacial score (nSPS) is 18.2. The van der Waals surface area contributed by atoms with Crippen molar-refractivity contribution in [1.29, 1.82) is 0 Å². The van der Waals surface area contributed by atoms with Crippen LogP contribution in [0.25, 0.3) is 4.72 Å². The number of anilines is 2. The number of hydrogen-bond acceptors (Lipinski definition) is 5. The zero-order valence-electron chi connectivity index (χ0n) is 20.2. The number of likely N-dealkylation sites (tertiary alicyclic amines) is 1. The molecule has 11 heteroatoms. The Hall–Kier alpha value is -1.59. The summed E-state index contributed by atoms with van der Waals surface area (Å²) in [7, 11) is -0.517. The van der Waals surface area contributed by atoms with Gasteiger partial charge in [-0.05, 0) is 99.4 Å².